The van der Waals surface area contributed by atoms with Gasteiger partial charge in [0.25, 0.3) is 0 Å². The van der Waals surface area contributed by atoms with Gasteiger partial charge < -0.3 is 14.6 Å². The topological polar surface area (TPSA) is 55.8 Å². The standard InChI is InChI=1S/C10H9F3O4/c1-16-5-3-6(9(14)15)8(10(11,12)13)7(4-5)17-2/h3-4H,1-2H3,(H,14,15). The molecule has 0 saturated heterocycles. The zero-order chi connectivity index (χ0) is 13.2. The number of alkyl halides is 3. The predicted octanol–water partition coefficient (Wildman–Crippen LogP) is 2.42. The predicted molar refractivity (Wildman–Crippen MR) is 51.5 cm³/mol. The van der Waals surface area contributed by atoms with Crippen LogP contribution in [0.4, 0.5) is 13.2 Å². The van der Waals surface area contributed by atoms with Crippen LogP contribution in [-0.2, 0) is 6.18 Å². The lowest BCUT2D eigenvalue weighted by molar-refractivity contribution is -0.139. The van der Waals surface area contributed by atoms with Crippen molar-refractivity contribution in [1.29, 1.82) is 0 Å². The van der Waals surface area contributed by atoms with Crippen molar-refractivity contribution in [2.75, 3.05) is 14.2 Å². The molecule has 1 aromatic carbocycles. The lowest BCUT2D eigenvalue weighted by atomic mass is 10.1. The second-order valence-corrected chi connectivity index (χ2v) is 3.06. The summed E-state index contributed by atoms with van der Waals surface area (Å²) in [5.74, 6) is -2.31. The van der Waals surface area contributed by atoms with Crippen LogP contribution in [0.5, 0.6) is 11.5 Å². The van der Waals surface area contributed by atoms with Gasteiger partial charge in [0, 0.05) is 6.07 Å². The SMILES string of the molecule is COc1cc(OC)c(C(F)(F)F)c(C(=O)O)c1. The van der Waals surface area contributed by atoms with Gasteiger partial charge in [-0.15, -0.1) is 0 Å². The van der Waals surface area contributed by atoms with Gasteiger partial charge in [-0.1, -0.05) is 0 Å². The first kappa shape index (κ1) is 13.1. The van der Waals surface area contributed by atoms with Gasteiger partial charge >= 0.3 is 12.1 Å². The number of carboxylic acids is 1. The van der Waals surface area contributed by atoms with Crippen molar-refractivity contribution in [2.45, 2.75) is 6.18 Å². The molecule has 0 aliphatic carbocycles. The zero-order valence-corrected chi connectivity index (χ0v) is 8.96. The molecule has 1 rings (SSSR count). The van der Waals surface area contributed by atoms with Gasteiger partial charge in [0.1, 0.15) is 17.1 Å². The highest BCUT2D eigenvalue weighted by atomic mass is 19.4. The first-order chi connectivity index (χ1) is 7.81. The van der Waals surface area contributed by atoms with Crippen LogP contribution in [0.1, 0.15) is 15.9 Å². The number of methoxy groups -OCH3 is 2. The van der Waals surface area contributed by atoms with Crippen molar-refractivity contribution >= 4 is 5.97 Å². The third-order valence-electron chi connectivity index (χ3n) is 2.05. The normalized spacial score (nSPS) is 11.1. The summed E-state index contributed by atoms with van der Waals surface area (Å²) in [5, 5.41) is 8.76. The van der Waals surface area contributed by atoms with Crippen LogP contribution < -0.4 is 9.47 Å². The van der Waals surface area contributed by atoms with Crippen molar-refractivity contribution < 1.29 is 32.5 Å². The molecule has 0 unspecified atom stereocenters. The first-order valence-electron chi connectivity index (χ1n) is 4.37. The Kier molecular flexibility index (Phi) is 3.50. The third-order valence-corrected chi connectivity index (χ3v) is 2.05. The molecule has 94 valence electrons. The molecule has 0 aromatic heterocycles. The molecule has 7 heteroatoms. The minimum Gasteiger partial charge on any atom is -0.497 e. The van der Waals surface area contributed by atoms with E-state index < -0.39 is 29.0 Å². The van der Waals surface area contributed by atoms with E-state index in [1.54, 1.807) is 0 Å². The number of benzene rings is 1. The van der Waals surface area contributed by atoms with Crippen molar-refractivity contribution in [3.05, 3.63) is 23.3 Å². The highest BCUT2D eigenvalue weighted by Gasteiger charge is 2.39. The maximum absolute atomic E-state index is 12.7. The Hall–Kier alpha value is -1.92. The van der Waals surface area contributed by atoms with Crippen molar-refractivity contribution in [1.82, 2.24) is 0 Å². The monoisotopic (exact) mass is 250 g/mol. The van der Waals surface area contributed by atoms with Gasteiger partial charge in [-0.2, -0.15) is 13.2 Å². The molecule has 0 saturated carbocycles. The molecule has 0 aliphatic heterocycles. The Morgan fingerprint density at radius 1 is 1.24 bits per heavy atom. The maximum atomic E-state index is 12.7. The number of rotatable bonds is 3. The van der Waals surface area contributed by atoms with Gasteiger partial charge in [-0.3, -0.25) is 0 Å². The van der Waals surface area contributed by atoms with E-state index in [2.05, 4.69) is 4.74 Å². The fourth-order valence-electron chi connectivity index (χ4n) is 1.33. The number of halogens is 3. The zero-order valence-electron chi connectivity index (χ0n) is 8.96. The van der Waals surface area contributed by atoms with Crippen molar-refractivity contribution in [3.8, 4) is 11.5 Å². The lowest BCUT2D eigenvalue weighted by Crippen LogP contribution is -2.15. The van der Waals surface area contributed by atoms with Crippen LogP contribution in [-0.4, -0.2) is 25.3 Å². The van der Waals surface area contributed by atoms with E-state index in [9.17, 15) is 18.0 Å². The molecule has 0 fully saturated rings. The molecule has 0 radical (unpaired) electrons. The Labute approximate surface area is 94.6 Å². The Balaban J connectivity index is 3.58. The second-order valence-electron chi connectivity index (χ2n) is 3.06. The molecule has 1 aromatic rings. The summed E-state index contributed by atoms with van der Waals surface area (Å²) in [4.78, 5) is 10.8. The number of carboxylic acid groups (broad SMARTS) is 1. The molecular weight excluding hydrogens is 241 g/mol. The summed E-state index contributed by atoms with van der Waals surface area (Å²) >= 11 is 0. The van der Waals surface area contributed by atoms with Crippen molar-refractivity contribution in [3.63, 3.8) is 0 Å². The van der Waals surface area contributed by atoms with E-state index in [0.717, 1.165) is 19.2 Å². The van der Waals surface area contributed by atoms with Gasteiger partial charge in [0.15, 0.2) is 0 Å². The molecule has 0 spiro atoms. The van der Waals surface area contributed by atoms with E-state index in [-0.39, 0.29) is 5.75 Å². The Morgan fingerprint density at radius 3 is 2.18 bits per heavy atom. The minimum absolute atomic E-state index is 0.0211. The van der Waals surface area contributed by atoms with Crippen LogP contribution in [0, 0.1) is 0 Å². The average Bonchev–Trinajstić information content (AvgIpc) is 2.25. The Bertz CT molecular complexity index is 440. The highest BCUT2D eigenvalue weighted by molar-refractivity contribution is 5.91. The van der Waals surface area contributed by atoms with Gasteiger partial charge in [-0.25, -0.2) is 4.79 Å². The average molecular weight is 250 g/mol. The summed E-state index contributed by atoms with van der Waals surface area (Å²) in [7, 11) is 2.24. The smallest absolute Gasteiger partial charge is 0.420 e. The molecule has 17 heavy (non-hydrogen) atoms. The summed E-state index contributed by atoms with van der Waals surface area (Å²) in [5.41, 5.74) is -2.23. The lowest BCUT2D eigenvalue weighted by Gasteiger charge is -2.15. The van der Waals surface area contributed by atoms with E-state index in [1.807, 2.05) is 0 Å². The number of hydrogen-bond donors (Lipinski definition) is 1. The Morgan fingerprint density at radius 2 is 1.82 bits per heavy atom. The fraction of sp³-hybridized carbons (Fsp3) is 0.300. The van der Waals surface area contributed by atoms with Crippen LogP contribution in [0.15, 0.2) is 12.1 Å². The van der Waals surface area contributed by atoms with Gasteiger partial charge in [0.2, 0.25) is 0 Å². The number of ether oxygens (including phenoxy) is 2. The molecule has 0 aliphatic rings. The third kappa shape index (κ3) is 2.61. The molecule has 0 heterocycles. The highest BCUT2D eigenvalue weighted by Crippen LogP contribution is 2.40. The van der Waals surface area contributed by atoms with Crippen LogP contribution >= 0.6 is 0 Å². The van der Waals surface area contributed by atoms with E-state index >= 15 is 0 Å². The number of aromatic carboxylic acids is 1. The molecule has 0 bridgehead atoms. The van der Waals surface area contributed by atoms with Crippen molar-refractivity contribution in [2.24, 2.45) is 0 Å². The quantitative estimate of drug-likeness (QED) is 0.895. The van der Waals surface area contributed by atoms with E-state index in [1.165, 1.54) is 7.11 Å². The molecule has 1 N–H and O–H groups in total. The van der Waals surface area contributed by atoms with E-state index in [4.69, 9.17) is 9.84 Å². The summed E-state index contributed by atoms with van der Waals surface area (Å²) < 4.78 is 47.4. The van der Waals surface area contributed by atoms with Gasteiger partial charge in [0.05, 0.1) is 19.8 Å². The maximum Gasteiger partial charge on any atom is 0.420 e. The number of carbonyl (C=O) groups is 1. The second kappa shape index (κ2) is 4.52. The fourth-order valence-corrected chi connectivity index (χ4v) is 1.33. The largest absolute Gasteiger partial charge is 0.497 e. The summed E-state index contributed by atoms with van der Waals surface area (Å²) in [6.07, 6.45) is -4.81. The van der Waals surface area contributed by atoms with Crippen LogP contribution in [0.3, 0.4) is 0 Å². The summed E-state index contributed by atoms with van der Waals surface area (Å²) in [6.45, 7) is 0. The van der Waals surface area contributed by atoms with E-state index in [0.29, 0.717) is 0 Å². The van der Waals surface area contributed by atoms with Gasteiger partial charge in [-0.05, 0) is 6.07 Å². The molecular formula is C10H9F3O4. The molecule has 0 atom stereocenters. The summed E-state index contributed by atoms with van der Waals surface area (Å²) in [6, 6.07) is 1.78. The van der Waals surface area contributed by atoms with Crippen LogP contribution in [0.2, 0.25) is 0 Å². The molecule has 0 amide bonds. The minimum atomic E-state index is -4.81. The number of hydrogen-bond acceptors (Lipinski definition) is 3. The van der Waals surface area contributed by atoms with Crippen LogP contribution in [0.25, 0.3) is 0 Å². The molecule has 4 nitrogen and oxygen atoms in total. The first-order valence-corrected chi connectivity index (χ1v) is 4.37.